The zero-order valence-corrected chi connectivity index (χ0v) is 21.1. The first-order valence-electron chi connectivity index (χ1n) is 11.9. The van der Waals surface area contributed by atoms with Crippen molar-refractivity contribution < 1.29 is 28.2 Å². The van der Waals surface area contributed by atoms with Crippen molar-refractivity contribution in [1.29, 1.82) is 0 Å². The minimum atomic E-state index is -0.552. The quantitative estimate of drug-likeness (QED) is 0.142. The maximum Gasteiger partial charge on any atom is 0.373 e. The lowest BCUT2D eigenvalue weighted by atomic mass is 10.1. The Morgan fingerprint density at radius 2 is 1.68 bits per heavy atom. The van der Waals surface area contributed by atoms with E-state index in [1.807, 2.05) is 73.7 Å². The van der Waals surface area contributed by atoms with E-state index in [9.17, 15) is 4.79 Å². The Morgan fingerprint density at radius 1 is 0.946 bits per heavy atom. The largest absolute Gasteiger partial charge is 0.493 e. The molecule has 4 rings (SSSR count). The molecule has 0 fully saturated rings. The van der Waals surface area contributed by atoms with E-state index in [2.05, 4.69) is 4.98 Å². The molecule has 0 aliphatic carbocycles. The summed E-state index contributed by atoms with van der Waals surface area (Å²) in [5.41, 5.74) is 3.38. The second-order valence-electron chi connectivity index (χ2n) is 8.17. The topological polar surface area (TPSA) is 80.0 Å². The Kier molecular flexibility index (Phi) is 8.60. The normalized spacial score (nSPS) is 11.2. The standard InChI is InChI=1S/C30H29NO6/c1-21-25(31-29(37-21)24-12-8-5-9-13-24)16-17-35-26-15-14-23(18-27(26)33-2)19-28(34-3)30(32)36-20-22-10-6-4-7-11-22/h4-15,18-19H,16-17,20H2,1-3H3/b28-19+. The molecule has 0 amide bonds. The number of oxazole rings is 1. The van der Waals surface area contributed by atoms with E-state index in [4.69, 9.17) is 23.4 Å². The fourth-order valence-corrected chi connectivity index (χ4v) is 3.66. The van der Waals surface area contributed by atoms with Crippen molar-refractivity contribution in [3.05, 3.63) is 107 Å². The van der Waals surface area contributed by atoms with Crippen LogP contribution in [0.4, 0.5) is 0 Å². The van der Waals surface area contributed by atoms with Crippen LogP contribution in [-0.4, -0.2) is 31.8 Å². The van der Waals surface area contributed by atoms with Gasteiger partial charge >= 0.3 is 5.97 Å². The molecule has 0 N–H and O–H groups in total. The van der Waals surface area contributed by atoms with Crippen LogP contribution < -0.4 is 9.47 Å². The molecule has 7 nitrogen and oxygen atoms in total. The van der Waals surface area contributed by atoms with Gasteiger partial charge in [-0.3, -0.25) is 0 Å². The van der Waals surface area contributed by atoms with Crippen molar-refractivity contribution in [2.45, 2.75) is 20.0 Å². The van der Waals surface area contributed by atoms with Gasteiger partial charge in [0.05, 0.1) is 26.5 Å². The highest BCUT2D eigenvalue weighted by Crippen LogP contribution is 2.30. The Hall–Kier alpha value is -4.52. The molecule has 0 spiro atoms. The summed E-state index contributed by atoms with van der Waals surface area (Å²) < 4.78 is 27.9. The summed E-state index contributed by atoms with van der Waals surface area (Å²) in [4.78, 5) is 17.1. The number of esters is 1. The number of carbonyl (C=O) groups excluding carboxylic acids is 1. The summed E-state index contributed by atoms with van der Waals surface area (Å²) in [7, 11) is 2.99. The van der Waals surface area contributed by atoms with Crippen LogP contribution in [0.15, 0.2) is 89.0 Å². The number of rotatable bonds is 11. The van der Waals surface area contributed by atoms with Gasteiger partial charge in [0.15, 0.2) is 11.5 Å². The van der Waals surface area contributed by atoms with Crippen molar-refractivity contribution in [3.8, 4) is 23.0 Å². The summed E-state index contributed by atoms with van der Waals surface area (Å²) >= 11 is 0. The number of nitrogens with zero attached hydrogens (tertiary/aromatic N) is 1. The van der Waals surface area contributed by atoms with Gasteiger partial charge in [-0.25, -0.2) is 9.78 Å². The summed E-state index contributed by atoms with van der Waals surface area (Å²) in [5, 5.41) is 0. The Morgan fingerprint density at radius 3 is 2.38 bits per heavy atom. The van der Waals surface area contributed by atoms with Crippen LogP contribution in [0.25, 0.3) is 17.5 Å². The lowest BCUT2D eigenvalue weighted by Gasteiger charge is -2.12. The summed E-state index contributed by atoms with van der Waals surface area (Å²) in [6, 6.07) is 24.6. The lowest BCUT2D eigenvalue weighted by Crippen LogP contribution is -2.09. The number of hydrogen-bond donors (Lipinski definition) is 0. The van der Waals surface area contributed by atoms with Crippen molar-refractivity contribution in [2.24, 2.45) is 0 Å². The van der Waals surface area contributed by atoms with E-state index in [-0.39, 0.29) is 12.4 Å². The molecule has 3 aromatic carbocycles. The van der Waals surface area contributed by atoms with Crippen LogP contribution in [0.5, 0.6) is 11.5 Å². The van der Waals surface area contributed by atoms with E-state index in [1.165, 1.54) is 7.11 Å². The molecule has 7 heteroatoms. The molecule has 0 bridgehead atoms. The number of aryl methyl sites for hydroxylation is 1. The first-order chi connectivity index (χ1) is 18.1. The number of ether oxygens (including phenoxy) is 4. The van der Waals surface area contributed by atoms with Crippen LogP contribution in [0.2, 0.25) is 0 Å². The van der Waals surface area contributed by atoms with Crippen molar-refractivity contribution in [2.75, 3.05) is 20.8 Å². The number of benzene rings is 3. The van der Waals surface area contributed by atoms with E-state index in [0.717, 1.165) is 22.6 Å². The van der Waals surface area contributed by atoms with Crippen LogP contribution in [0.3, 0.4) is 0 Å². The van der Waals surface area contributed by atoms with Crippen LogP contribution >= 0.6 is 0 Å². The van der Waals surface area contributed by atoms with E-state index in [1.54, 1.807) is 25.3 Å². The van der Waals surface area contributed by atoms with Crippen molar-refractivity contribution in [3.63, 3.8) is 0 Å². The Balaban J connectivity index is 1.38. The maximum atomic E-state index is 12.5. The highest BCUT2D eigenvalue weighted by atomic mass is 16.6. The molecule has 0 aliphatic rings. The predicted molar refractivity (Wildman–Crippen MR) is 140 cm³/mol. The molecule has 0 saturated carbocycles. The fourth-order valence-electron chi connectivity index (χ4n) is 3.66. The molecule has 190 valence electrons. The Labute approximate surface area is 216 Å². The number of hydrogen-bond acceptors (Lipinski definition) is 7. The third-order valence-corrected chi connectivity index (χ3v) is 5.63. The smallest absolute Gasteiger partial charge is 0.373 e. The first-order valence-corrected chi connectivity index (χ1v) is 11.9. The number of aromatic nitrogens is 1. The third-order valence-electron chi connectivity index (χ3n) is 5.63. The Bertz CT molecular complexity index is 1350. The molecule has 1 aromatic heterocycles. The zero-order chi connectivity index (χ0) is 26.0. The highest BCUT2D eigenvalue weighted by molar-refractivity contribution is 5.91. The van der Waals surface area contributed by atoms with Gasteiger partial charge in [0.1, 0.15) is 12.4 Å². The lowest BCUT2D eigenvalue weighted by molar-refractivity contribution is -0.143. The van der Waals surface area contributed by atoms with Gasteiger partial charge in [0, 0.05) is 12.0 Å². The van der Waals surface area contributed by atoms with E-state index < -0.39 is 5.97 Å². The molecule has 37 heavy (non-hydrogen) atoms. The van der Waals surface area contributed by atoms with Crippen LogP contribution in [0, 0.1) is 6.92 Å². The minimum Gasteiger partial charge on any atom is -0.493 e. The molecule has 0 unspecified atom stereocenters. The summed E-state index contributed by atoms with van der Waals surface area (Å²) in [6.07, 6.45) is 2.18. The molecule has 4 aromatic rings. The van der Waals surface area contributed by atoms with Crippen molar-refractivity contribution in [1.82, 2.24) is 4.98 Å². The van der Waals surface area contributed by atoms with Gasteiger partial charge < -0.3 is 23.4 Å². The monoisotopic (exact) mass is 499 g/mol. The van der Waals surface area contributed by atoms with Crippen LogP contribution in [-0.2, 0) is 27.3 Å². The maximum absolute atomic E-state index is 12.5. The second-order valence-corrected chi connectivity index (χ2v) is 8.17. The zero-order valence-electron chi connectivity index (χ0n) is 21.1. The molecule has 0 atom stereocenters. The van der Waals surface area contributed by atoms with E-state index >= 15 is 0 Å². The minimum absolute atomic E-state index is 0.0855. The average molecular weight is 500 g/mol. The predicted octanol–water partition coefficient (Wildman–Crippen LogP) is 6.01. The fraction of sp³-hybridized carbons (Fsp3) is 0.200. The average Bonchev–Trinajstić information content (AvgIpc) is 3.32. The molecule has 0 aliphatic heterocycles. The van der Waals surface area contributed by atoms with Gasteiger partial charge in [-0.05, 0) is 48.4 Å². The van der Waals surface area contributed by atoms with Gasteiger partial charge in [-0.15, -0.1) is 0 Å². The molecular formula is C30H29NO6. The first kappa shape index (κ1) is 25.6. The SMILES string of the molecule is CO/C(=C/c1ccc(OCCc2nc(-c3ccccc3)oc2C)c(OC)c1)C(=O)OCc1ccccc1. The van der Waals surface area contributed by atoms with E-state index in [0.29, 0.717) is 36.0 Å². The molecule has 1 heterocycles. The van der Waals surface area contributed by atoms with Gasteiger partial charge in [0.25, 0.3) is 0 Å². The third kappa shape index (κ3) is 6.79. The number of carbonyl (C=O) groups is 1. The summed E-state index contributed by atoms with van der Waals surface area (Å²) in [6.45, 7) is 2.45. The van der Waals surface area contributed by atoms with Crippen molar-refractivity contribution >= 4 is 12.0 Å². The number of methoxy groups -OCH3 is 2. The molecule has 0 saturated heterocycles. The summed E-state index contributed by atoms with van der Waals surface area (Å²) in [5.74, 6) is 2.00. The highest BCUT2D eigenvalue weighted by Gasteiger charge is 2.15. The van der Waals surface area contributed by atoms with Gasteiger partial charge in [0.2, 0.25) is 11.6 Å². The van der Waals surface area contributed by atoms with Crippen LogP contribution in [0.1, 0.15) is 22.6 Å². The molecule has 0 radical (unpaired) electrons. The van der Waals surface area contributed by atoms with Gasteiger partial charge in [-0.1, -0.05) is 54.6 Å². The second kappa shape index (κ2) is 12.4. The van der Waals surface area contributed by atoms with Gasteiger partial charge in [-0.2, -0.15) is 0 Å². The molecular weight excluding hydrogens is 470 g/mol.